The third-order valence-corrected chi connectivity index (χ3v) is 3.43. The van der Waals surface area contributed by atoms with Crippen LogP contribution in [0.3, 0.4) is 0 Å². The number of hydrogen-bond donors (Lipinski definition) is 2. The maximum atomic E-state index is 5.58. The second-order valence-corrected chi connectivity index (χ2v) is 4.45. The summed E-state index contributed by atoms with van der Waals surface area (Å²) in [5, 5.41) is 2.08. The Hall–Kier alpha value is -1.13. The minimum atomic E-state index is 0.594. The van der Waals surface area contributed by atoms with Crippen LogP contribution in [0.5, 0.6) is 0 Å². The molecule has 0 aliphatic rings. The smallest absolute Gasteiger partial charge is 0.147 e. The van der Waals surface area contributed by atoms with Gasteiger partial charge in [-0.15, -0.1) is 11.3 Å². The van der Waals surface area contributed by atoms with Gasteiger partial charge >= 0.3 is 0 Å². The molecular formula is C11H15N3S. The number of imidazole rings is 1. The lowest BCUT2D eigenvalue weighted by Gasteiger charge is -1.88. The van der Waals surface area contributed by atoms with E-state index in [1.165, 1.54) is 10.4 Å². The molecule has 0 atom stereocenters. The number of nitrogens with zero attached hydrogens (tertiary/aromatic N) is 1. The first-order valence-electron chi connectivity index (χ1n) is 5.08. The van der Waals surface area contributed by atoms with Crippen LogP contribution in [-0.2, 0) is 13.0 Å². The van der Waals surface area contributed by atoms with Gasteiger partial charge < -0.3 is 10.7 Å². The molecule has 2 rings (SSSR count). The summed E-state index contributed by atoms with van der Waals surface area (Å²) in [5.41, 5.74) is 9.06. The number of H-pyrrole nitrogens is 1. The van der Waals surface area contributed by atoms with Crippen molar-refractivity contribution in [3.63, 3.8) is 0 Å². The molecule has 15 heavy (non-hydrogen) atoms. The Morgan fingerprint density at radius 1 is 1.53 bits per heavy atom. The molecule has 2 heterocycles. The molecule has 2 aromatic heterocycles. The molecule has 3 nitrogen and oxygen atoms in total. The summed E-state index contributed by atoms with van der Waals surface area (Å²) >= 11 is 1.69. The van der Waals surface area contributed by atoms with E-state index in [0.29, 0.717) is 6.54 Å². The predicted octanol–water partition coefficient (Wildman–Crippen LogP) is 2.47. The quantitative estimate of drug-likeness (QED) is 0.836. The van der Waals surface area contributed by atoms with E-state index in [1.807, 2.05) is 0 Å². The molecule has 0 saturated carbocycles. The zero-order valence-corrected chi connectivity index (χ0v) is 9.82. The summed E-state index contributed by atoms with van der Waals surface area (Å²) in [6.45, 7) is 4.77. The highest BCUT2D eigenvalue weighted by molar-refractivity contribution is 7.13. The lowest BCUT2D eigenvalue weighted by molar-refractivity contribution is 1.04. The van der Waals surface area contributed by atoms with Gasteiger partial charge in [-0.3, -0.25) is 0 Å². The van der Waals surface area contributed by atoms with Gasteiger partial charge in [0.1, 0.15) is 5.82 Å². The molecule has 4 heteroatoms. The molecule has 0 fully saturated rings. The molecule has 0 unspecified atom stereocenters. The Bertz CT molecular complexity index is 456. The Labute approximate surface area is 93.4 Å². The number of nitrogens with one attached hydrogen (secondary N) is 1. The minimum absolute atomic E-state index is 0.594. The van der Waals surface area contributed by atoms with Crippen molar-refractivity contribution >= 4 is 11.3 Å². The summed E-state index contributed by atoms with van der Waals surface area (Å²) < 4.78 is 0. The lowest BCUT2D eigenvalue weighted by Crippen LogP contribution is -1.92. The third kappa shape index (κ3) is 1.96. The summed E-state index contributed by atoms with van der Waals surface area (Å²) in [5.74, 6) is 0.967. The molecule has 3 N–H and O–H groups in total. The monoisotopic (exact) mass is 221 g/mol. The Morgan fingerprint density at radius 2 is 2.33 bits per heavy atom. The van der Waals surface area contributed by atoms with E-state index in [4.69, 9.17) is 5.73 Å². The van der Waals surface area contributed by atoms with Crippen LogP contribution in [0.25, 0.3) is 10.7 Å². The summed E-state index contributed by atoms with van der Waals surface area (Å²) in [6.07, 6.45) is 0.970. The zero-order valence-electron chi connectivity index (χ0n) is 9.00. The molecule has 0 aromatic carbocycles. The van der Waals surface area contributed by atoms with Crippen LogP contribution < -0.4 is 5.73 Å². The molecule has 0 aliphatic carbocycles. The molecule has 0 amide bonds. The van der Waals surface area contributed by atoms with Crippen molar-refractivity contribution in [2.24, 2.45) is 5.73 Å². The molecule has 0 radical (unpaired) electrons. The highest BCUT2D eigenvalue weighted by atomic mass is 32.1. The maximum absolute atomic E-state index is 5.58. The van der Waals surface area contributed by atoms with Crippen molar-refractivity contribution in [2.45, 2.75) is 26.8 Å². The number of aryl methyl sites for hydroxylation is 2. The van der Waals surface area contributed by atoms with Crippen LogP contribution in [0.4, 0.5) is 0 Å². The molecular weight excluding hydrogens is 206 g/mol. The molecule has 0 aliphatic heterocycles. The molecule has 2 aromatic rings. The first-order chi connectivity index (χ1) is 7.24. The van der Waals surface area contributed by atoms with Crippen LogP contribution >= 0.6 is 11.3 Å². The molecule has 0 saturated heterocycles. The van der Waals surface area contributed by atoms with Gasteiger partial charge in [0.05, 0.1) is 10.6 Å². The van der Waals surface area contributed by atoms with Gasteiger partial charge in [-0.05, 0) is 30.4 Å². The van der Waals surface area contributed by atoms with Gasteiger partial charge in [-0.25, -0.2) is 4.98 Å². The van der Waals surface area contributed by atoms with Crippen LogP contribution in [0, 0.1) is 6.92 Å². The number of nitrogens with two attached hydrogens (primary N) is 1. The van der Waals surface area contributed by atoms with Gasteiger partial charge in [0, 0.05) is 12.2 Å². The predicted molar refractivity (Wildman–Crippen MR) is 63.9 cm³/mol. The van der Waals surface area contributed by atoms with Crippen LogP contribution in [0.2, 0.25) is 0 Å². The van der Waals surface area contributed by atoms with Crippen molar-refractivity contribution in [3.05, 3.63) is 28.4 Å². The largest absolute Gasteiger partial charge is 0.341 e. The van der Waals surface area contributed by atoms with Crippen LogP contribution in [-0.4, -0.2) is 9.97 Å². The van der Waals surface area contributed by atoms with E-state index in [2.05, 4.69) is 35.3 Å². The van der Waals surface area contributed by atoms with E-state index in [0.717, 1.165) is 23.6 Å². The average molecular weight is 221 g/mol. The maximum Gasteiger partial charge on any atom is 0.147 e. The molecule has 0 bridgehead atoms. The van der Waals surface area contributed by atoms with E-state index >= 15 is 0 Å². The Kier molecular flexibility index (Phi) is 2.88. The van der Waals surface area contributed by atoms with Crippen molar-refractivity contribution in [1.29, 1.82) is 0 Å². The number of hydrogen-bond acceptors (Lipinski definition) is 3. The summed E-state index contributed by atoms with van der Waals surface area (Å²) in [7, 11) is 0. The van der Waals surface area contributed by atoms with Gasteiger partial charge in [0.2, 0.25) is 0 Å². The van der Waals surface area contributed by atoms with Crippen LogP contribution in [0.15, 0.2) is 11.4 Å². The molecule has 80 valence electrons. The normalized spacial score (nSPS) is 10.9. The second kappa shape index (κ2) is 4.16. The second-order valence-electron chi connectivity index (χ2n) is 3.53. The fourth-order valence-electron chi connectivity index (χ4n) is 1.56. The first kappa shape index (κ1) is 10.4. The molecule has 0 spiro atoms. The Balaban J connectivity index is 2.36. The highest BCUT2D eigenvalue weighted by Gasteiger charge is 2.08. The van der Waals surface area contributed by atoms with Crippen LogP contribution in [0.1, 0.15) is 23.9 Å². The first-order valence-corrected chi connectivity index (χ1v) is 5.96. The SMILES string of the molecule is CCc1nc(-c2cc(CN)cs2)[nH]c1C. The number of aromatic amines is 1. The summed E-state index contributed by atoms with van der Waals surface area (Å²) in [4.78, 5) is 9.03. The highest BCUT2D eigenvalue weighted by Crippen LogP contribution is 2.25. The zero-order chi connectivity index (χ0) is 10.8. The Morgan fingerprint density at radius 3 is 2.87 bits per heavy atom. The fourth-order valence-corrected chi connectivity index (χ4v) is 2.43. The van der Waals surface area contributed by atoms with Crippen molar-refractivity contribution in [1.82, 2.24) is 9.97 Å². The number of rotatable bonds is 3. The average Bonchev–Trinajstić information content (AvgIpc) is 2.83. The van der Waals surface area contributed by atoms with Crippen molar-refractivity contribution in [3.8, 4) is 10.7 Å². The topological polar surface area (TPSA) is 54.7 Å². The van der Waals surface area contributed by atoms with Crippen molar-refractivity contribution in [2.75, 3.05) is 0 Å². The fraction of sp³-hybridized carbons (Fsp3) is 0.364. The van der Waals surface area contributed by atoms with Crippen molar-refractivity contribution < 1.29 is 0 Å². The lowest BCUT2D eigenvalue weighted by atomic mass is 10.3. The van der Waals surface area contributed by atoms with Gasteiger partial charge in [-0.1, -0.05) is 6.92 Å². The van der Waals surface area contributed by atoms with E-state index in [-0.39, 0.29) is 0 Å². The third-order valence-electron chi connectivity index (χ3n) is 2.44. The van der Waals surface area contributed by atoms with Gasteiger partial charge in [-0.2, -0.15) is 0 Å². The van der Waals surface area contributed by atoms with Gasteiger partial charge in [0.15, 0.2) is 0 Å². The van der Waals surface area contributed by atoms with E-state index in [9.17, 15) is 0 Å². The van der Waals surface area contributed by atoms with E-state index in [1.54, 1.807) is 11.3 Å². The number of aromatic nitrogens is 2. The standard InChI is InChI=1S/C11H15N3S/c1-3-9-7(2)13-11(14-9)10-4-8(5-12)6-15-10/h4,6H,3,5,12H2,1-2H3,(H,13,14). The van der Waals surface area contributed by atoms with E-state index < -0.39 is 0 Å². The van der Waals surface area contributed by atoms with Gasteiger partial charge in [0.25, 0.3) is 0 Å². The minimum Gasteiger partial charge on any atom is -0.341 e. The summed E-state index contributed by atoms with van der Waals surface area (Å²) in [6, 6.07) is 2.10. The number of thiophene rings is 1.